The fourth-order valence-corrected chi connectivity index (χ4v) is 4.17. The minimum atomic E-state index is -1.05. The first kappa shape index (κ1) is 23.3. The van der Waals surface area contributed by atoms with Gasteiger partial charge in [-0.05, 0) is 39.5 Å². The van der Waals surface area contributed by atoms with Gasteiger partial charge < -0.3 is 25.7 Å². The maximum absolute atomic E-state index is 13.2. The highest BCUT2D eigenvalue weighted by Gasteiger charge is 2.43. The van der Waals surface area contributed by atoms with Gasteiger partial charge in [0.2, 0.25) is 17.7 Å². The number of nitrogens with two attached hydrogens (primary N) is 1. The van der Waals surface area contributed by atoms with Crippen molar-refractivity contribution >= 4 is 23.5 Å². The van der Waals surface area contributed by atoms with Crippen molar-refractivity contribution in [2.75, 3.05) is 13.1 Å². The number of aliphatic hydroxyl groups excluding tert-OH is 2. The van der Waals surface area contributed by atoms with Crippen LogP contribution in [0.2, 0.25) is 0 Å². The summed E-state index contributed by atoms with van der Waals surface area (Å²) in [6.07, 6.45) is 0.272. The fraction of sp³-hybridized carbons (Fsp3) is 0.800. The number of rotatable bonds is 8. The van der Waals surface area contributed by atoms with Gasteiger partial charge in [-0.25, -0.2) is 0 Å². The molecule has 0 saturated carbocycles. The van der Waals surface area contributed by atoms with Gasteiger partial charge >= 0.3 is 0 Å². The Hall–Kier alpha value is -2.00. The number of amides is 3. The predicted molar refractivity (Wildman–Crippen MR) is 104 cm³/mol. The second-order valence-electron chi connectivity index (χ2n) is 8.33. The third kappa shape index (κ3) is 5.14. The van der Waals surface area contributed by atoms with Crippen molar-refractivity contribution in [2.45, 2.75) is 77.2 Å². The molecule has 164 valence electrons. The van der Waals surface area contributed by atoms with E-state index >= 15 is 0 Å². The first-order valence-electron chi connectivity index (χ1n) is 10.3. The minimum absolute atomic E-state index is 0.214. The van der Waals surface area contributed by atoms with Crippen LogP contribution >= 0.6 is 0 Å². The van der Waals surface area contributed by atoms with Crippen LogP contribution in [0, 0.1) is 11.8 Å². The van der Waals surface area contributed by atoms with E-state index in [9.17, 15) is 29.4 Å². The predicted octanol–water partition coefficient (Wildman–Crippen LogP) is -0.573. The minimum Gasteiger partial charge on any atom is -0.393 e. The standard InChI is InChI=1S/C20H33N3O6/c1-11(12(2)24)19(28)23-9-5-7-16(23)20(29)22-8-4-6-15(22)17(26)10-14(13(3)25)18(21)27/h11-16,24-25H,4-10H2,1-3H3,(H2,21,27)/t11-,12+,13+,14-,15-,16+/m0/s1. The quantitative estimate of drug-likeness (QED) is 0.488. The van der Waals surface area contributed by atoms with Crippen molar-refractivity contribution in [3.63, 3.8) is 0 Å². The number of carbonyl (C=O) groups is 4. The van der Waals surface area contributed by atoms with Gasteiger partial charge in [0, 0.05) is 19.5 Å². The number of aliphatic hydroxyl groups is 2. The smallest absolute Gasteiger partial charge is 0.245 e. The third-order valence-corrected chi connectivity index (χ3v) is 6.21. The number of nitrogens with zero attached hydrogens (tertiary/aromatic N) is 2. The van der Waals surface area contributed by atoms with Gasteiger partial charge in [0.25, 0.3) is 0 Å². The van der Waals surface area contributed by atoms with Gasteiger partial charge in [-0.2, -0.15) is 0 Å². The lowest BCUT2D eigenvalue weighted by Gasteiger charge is -2.33. The number of primary amides is 1. The van der Waals surface area contributed by atoms with Crippen LogP contribution < -0.4 is 5.73 Å². The summed E-state index contributed by atoms with van der Waals surface area (Å²) >= 11 is 0. The SMILES string of the molecule is C[C@H](C(=O)N1CCC[C@@H]1C(=O)N1CCC[C@H]1C(=O)C[C@H](C(N)=O)[C@@H](C)O)[C@@H](C)O. The number of hydrogen-bond donors (Lipinski definition) is 3. The average Bonchev–Trinajstić information content (AvgIpc) is 3.32. The molecule has 2 fully saturated rings. The van der Waals surface area contributed by atoms with Gasteiger partial charge in [-0.15, -0.1) is 0 Å². The largest absolute Gasteiger partial charge is 0.393 e. The highest BCUT2D eigenvalue weighted by Crippen LogP contribution is 2.28. The highest BCUT2D eigenvalue weighted by molar-refractivity contribution is 5.95. The number of ketones is 1. The summed E-state index contributed by atoms with van der Waals surface area (Å²) in [6.45, 7) is 5.45. The van der Waals surface area contributed by atoms with E-state index in [1.165, 1.54) is 16.7 Å². The van der Waals surface area contributed by atoms with Crippen molar-refractivity contribution in [1.82, 2.24) is 9.80 Å². The molecule has 3 amide bonds. The number of likely N-dealkylation sites (tertiary alicyclic amines) is 2. The van der Waals surface area contributed by atoms with Gasteiger partial charge in [0.15, 0.2) is 5.78 Å². The molecular formula is C20H33N3O6. The van der Waals surface area contributed by atoms with Crippen LogP contribution in [0.5, 0.6) is 0 Å². The number of carbonyl (C=O) groups excluding carboxylic acids is 4. The van der Waals surface area contributed by atoms with Gasteiger partial charge in [-0.3, -0.25) is 19.2 Å². The van der Waals surface area contributed by atoms with E-state index in [1.54, 1.807) is 13.8 Å². The Balaban J connectivity index is 2.11. The molecule has 29 heavy (non-hydrogen) atoms. The Morgan fingerprint density at radius 1 is 0.931 bits per heavy atom. The average molecular weight is 411 g/mol. The molecule has 6 atom stereocenters. The lowest BCUT2D eigenvalue weighted by atomic mass is 9.92. The van der Waals surface area contributed by atoms with Crippen LogP contribution in [-0.4, -0.2) is 80.9 Å². The maximum atomic E-state index is 13.2. The van der Waals surface area contributed by atoms with Crippen molar-refractivity contribution in [3.05, 3.63) is 0 Å². The Kier molecular flexibility index (Phi) is 7.76. The molecule has 0 aromatic rings. The normalized spacial score (nSPS) is 26.1. The van der Waals surface area contributed by atoms with Crippen LogP contribution in [0.4, 0.5) is 0 Å². The third-order valence-electron chi connectivity index (χ3n) is 6.21. The van der Waals surface area contributed by atoms with Gasteiger partial charge in [0.1, 0.15) is 6.04 Å². The summed E-state index contributed by atoms with van der Waals surface area (Å²) in [5.74, 6) is -3.17. The zero-order valence-electron chi connectivity index (χ0n) is 17.4. The molecule has 9 nitrogen and oxygen atoms in total. The first-order valence-corrected chi connectivity index (χ1v) is 10.3. The number of hydrogen-bond acceptors (Lipinski definition) is 6. The molecule has 0 aromatic heterocycles. The van der Waals surface area contributed by atoms with E-state index in [2.05, 4.69) is 0 Å². The summed E-state index contributed by atoms with van der Waals surface area (Å²) in [6, 6.07) is -1.31. The van der Waals surface area contributed by atoms with Crippen LogP contribution in [0.25, 0.3) is 0 Å². The van der Waals surface area contributed by atoms with Crippen LogP contribution in [-0.2, 0) is 19.2 Å². The van der Waals surface area contributed by atoms with E-state index < -0.39 is 42.0 Å². The molecule has 4 N–H and O–H groups in total. The molecular weight excluding hydrogens is 378 g/mol. The summed E-state index contributed by atoms with van der Waals surface area (Å²) in [4.78, 5) is 53.2. The monoisotopic (exact) mass is 411 g/mol. The van der Waals surface area contributed by atoms with E-state index in [1.807, 2.05) is 0 Å². The molecule has 2 aliphatic heterocycles. The summed E-state index contributed by atoms with van der Waals surface area (Å²) in [5, 5.41) is 19.4. The molecule has 0 aliphatic carbocycles. The number of Topliss-reactive ketones (excluding diaryl/α,β-unsaturated/α-hetero) is 1. The molecule has 0 aromatic carbocycles. The summed E-state index contributed by atoms with van der Waals surface area (Å²) < 4.78 is 0. The van der Waals surface area contributed by atoms with Crippen molar-refractivity contribution < 1.29 is 29.4 Å². The van der Waals surface area contributed by atoms with Gasteiger partial charge in [0.05, 0.1) is 30.1 Å². The molecule has 0 bridgehead atoms. The molecule has 2 saturated heterocycles. The van der Waals surface area contributed by atoms with E-state index in [-0.39, 0.29) is 24.0 Å². The van der Waals surface area contributed by atoms with E-state index in [0.29, 0.717) is 38.8 Å². The Morgan fingerprint density at radius 2 is 1.48 bits per heavy atom. The maximum Gasteiger partial charge on any atom is 0.245 e. The molecule has 0 radical (unpaired) electrons. The zero-order chi connectivity index (χ0) is 21.9. The Bertz CT molecular complexity index is 650. The molecule has 2 heterocycles. The topological polar surface area (TPSA) is 141 Å². The zero-order valence-corrected chi connectivity index (χ0v) is 17.4. The van der Waals surface area contributed by atoms with E-state index in [0.717, 1.165) is 0 Å². The fourth-order valence-electron chi connectivity index (χ4n) is 4.17. The second-order valence-corrected chi connectivity index (χ2v) is 8.33. The van der Waals surface area contributed by atoms with Crippen LogP contribution in [0.1, 0.15) is 52.9 Å². The van der Waals surface area contributed by atoms with Crippen molar-refractivity contribution in [3.8, 4) is 0 Å². The van der Waals surface area contributed by atoms with Crippen LogP contribution in [0.3, 0.4) is 0 Å². The Labute approximate surface area is 171 Å². The van der Waals surface area contributed by atoms with Gasteiger partial charge in [-0.1, -0.05) is 6.92 Å². The molecule has 2 rings (SSSR count). The molecule has 0 unspecified atom stereocenters. The Morgan fingerprint density at radius 3 is 2.00 bits per heavy atom. The first-order chi connectivity index (χ1) is 13.6. The summed E-state index contributed by atoms with van der Waals surface area (Å²) in [7, 11) is 0. The van der Waals surface area contributed by atoms with Crippen molar-refractivity contribution in [2.24, 2.45) is 17.6 Å². The molecule has 9 heteroatoms. The van der Waals surface area contributed by atoms with Crippen molar-refractivity contribution in [1.29, 1.82) is 0 Å². The van der Waals surface area contributed by atoms with Crippen LogP contribution in [0.15, 0.2) is 0 Å². The molecule has 2 aliphatic rings. The lowest BCUT2D eigenvalue weighted by Crippen LogP contribution is -2.52. The molecule has 0 spiro atoms. The van der Waals surface area contributed by atoms with E-state index in [4.69, 9.17) is 5.73 Å². The second kappa shape index (κ2) is 9.67. The lowest BCUT2D eigenvalue weighted by molar-refractivity contribution is -0.149. The summed E-state index contributed by atoms with van der Waals surface area (Å²) in [5.41, 5.74) is 5.29. The highest BCUT2D eigenvalue weighted by atomic mass is 16.3.